The fraction of sp³-hybridized carbons (Fsp3) is 0. The molecule has 0 N–H and O–H groups in total. The largest absolute Gasteiger partial charge is 0.455 e. The first-order valence-electron chi connectivity index (χ1n) is 18.6. The highest BCUT2D eigenvalue weighted by Gasteiger charge is 2.27. The summed E-state index contributed by atoms with van der Waals surface area (Å²) in [4.78, 5) is 0. The molecule has 12 rings (SSSR count). The molecule has 0 bridgehead atoms. The Morgan fingerprint density at radius 2 is 0.821 bits per heavy atom. The third-order valence-electron chi connectivity index (χ3n) is 11.5. The van der Waals surface area contributed by atoms with E-state index in [0.717, 1.165) is 82.3 Å². The summed E-state index contributed by atoms with van der Waals surface area (Å²) in [5.41, 5.74) is 10.7. The lowest BCUT2D eigenvalue weighted by Crippen LogP contribution is -2.08. The van der Waals surface area contributed by atoms with Crippen LogP contribution in [0.1, 0.15) is 11.1 Å². The average molecular weight is 714 g/mol. The lowest BCUT2D eigenvalue weighted by molar-refractivity contribution is 0.673. The number of nitriles is 2. The number of rotatable bonds is 3. The Labute approximate surface area is 319 Å². The van der Waals surface area contributed by atoms with Crippen molar-refractivity contribution in [2.24, 2.45) is 0 Å². The zero-order valence-corrected chi connectivity index (χ0v) is 29.7. The summed E-state index contributed by atoms with van der Waals surface area (Å²) in [7, 11) is 0. The topological polar surface area (TPSA) is 75.5 Å². The van der Waals surface area contributed by atoms with Crippen LogP contribution >= 0.6 is 0 Å². The monoisotopic (exact) mass is 713 g/mol. The normalized spacial score (nSPS) is 11.9. The SMILES string of the molecule is N#Cc1ccc(C#N)c(-n2c3ccc(-n4c5ccccc5c5ccccc54)cc3c3c4oc5ccccc5c4ccc32)c1-n1c2ccccc2c2ccccc21. The fourth-order valence-corrected chi connectivity index (χ4v) is 9.23. The van der Waals surface area contributed by atoms with Gasteiger partial charge in [0.15, 0.2) is 0 Å². The molecular weight excluding hydrogens is 687 g/mol. The van der Waals surface area contributed by atoms with Gasteiger partial charge in [0.2, 0.25) is 0 Å². The maximum atomic E-state index is 10.9. The number of aromatic nitrogens is 3. The smallest absolute Gasteiger partial charge is 0.145 e. The summed E-state index contributed by atoms with van der Waals surface area (Å²) in [5.74, 6) is 0. The van der Waals surface area contributed by atoms with Crippen molar-refractivity contribution in [2.75, 3.05) is 0 Å². The highest BCUT2D eigenvalue weighted by atomic mass is 16.3. The molecule has 12 aromatic rings. The van der Waals surface area contributed by atoms with E-state index in [4.69, 9.17) is 4.42 Å². The third kappa shape index (κ3) is 3.92. The van der Waals surface area contributed by atoms with Crippen LogP contribution in [0, 0.1) is 22.7 Å². The Bertz CT molecular complexity index is 3640. The summed E-state index contributed by atoms with van der Waals surface area (Å²) < 4.78 is 13.4. The average Bonchev–Trinajstić information content (AvgIpc) is 3.99. The molecule has 0 saturated carbocycles. The van der Waals surface area contributed by atoms with Crippen LogP contribution in [0.4, 0.5) is 0 Å². The van der Waals surface area contributed by atoms with Gasteiger partial charge in [-0.1, -0.05) is 91.0 Å². The number of hydrogen-bond donors (Lipinski definition) is 0. The van der Waals surface area contributed by atoms with Crippen LogP contribution in [-0.2, 0) is 0 Å². The second-order valence-electron chi connectivity index (χ2n) is 14.3. The minimum Gasteiger partial charge on any atom is -0.455 e. The van der Waals surface area contributed by atoms with Crippen molar-refractivity contribution in [3.05, 3.63) is 175 Å². The Morgan fingerprint density at radius 3 is 1.38 bits per heavy atom. The summed E-state index contributed by atoms with van der Waals surface area (Å²) in [6.45, 7) is 0. The van der Waals surface area contributed by atoms with Gasteiger partial charge in [-0.2, -0.15) is 10.5 Å². The first-order valence-corrected chi connectivity index (χ1v) is 18.6. The molecule has 0 amide bonds. The van der Waals surface area contributed by atoms with Crippen LogP contribution in [0.3, 0.4) is 0 Å². The molecule has 258 valence electrons. The highest BCUT2D eigenvalue weighted by molar-refractivity contribution is 6.24. The lowest BCUT2D eigenvalue weighted by Gasteiger charge is -2.19. The molecular formula is C50H27N5O. The zero-order valence-electron chi connectivity index (χ0n) is 29.7. The van der Waals surface area contributed by atoms with Gasteiger partial charge < -0.3 is 18.1 Å². The molecule has 0 atom stereocenters. The molecule has 4 aromatic heterocycles. The molecule has 0 radical (unpaired) electrons. The van der Waals surface area contributed by atoms with Gasteiger partial charge in [-0.3, -0.25) is 0 Å². The van der Waals surface area contributed by atoms with Crippen LogP contribution in [0.25, 0.3) is 104 Å². The number of hydrogen-bond acceptors (Lipinski definition) is 3. The van der Waals surface area contributed by atoms with E-state index in [0.29, 0.717) is 22.5 Å². The van der Waals surface area contributed by atoms with E-state index >= 15 is 0 Å². The van der Waals surface area contributed by atoms with Gasteiger partial charge in [0, 0.05) is 43.4 Å². The molecule has 0 aliphatic carbocycles. The van der Waals surface area contributed by atoms with Gasteiger partial charge in [0.1, 0.15) is 23.3 Å². The van der Waals surface area contributed by atoms with Crippen molar-refractivity contribution in [3.8, 4) is 29.2 Å². The lowest BCUT2D eigenvalue weighted by atomic mass is 10.1. The molecule has 0 aliphatic heterocycles. The highest BCUT2D eigenvalue weighted by Crippen LogP contribution is 2.45. The fourth-order valence-electron chi connectivity index (χ4n) is 9.23. The van der Waals surface area contributed by atoms with E-state index in [1.54, 1.807) is 12.1 Å². The van der Waals surface area contributed by atoms with Crippen molar-refractivity contribution in [2.45, 2.75) is 0 Å². The molecule has 8 aromatic carbocycles. The van der Waals surface area contributed by atoms with E-state index in [9.17, 15) is 10.5 Å². The van der Waals surface area contributed by atoms with Gasteiger partial charge in [0.05, 0.1) is 61.0 Å². The first-order chi connectivity index (χ1) is 27.7. The predicted molar refractivity (Wildman–Crippen MR) is 226 cm³/mol. The Balaban J connectivity index is 1.28. The second kappa shape index (κ2) is 11.2. The van der Waals surface area contributed by atoms with Crippen molar-refractivity contribution >= 4 is 87.4 Å². The van der Waals surface area contributed by atoms with Gasteiger partial charge in [-0.25, -0.2) is 0 Å². The standard InChI is InChI=1S/C50H27N5O/c51-28-30-21-22-31(29-52)49(48(30)54-42-18-8-3-13-35(42)36-14-4-9-19-43(36)54)55-44-25-23-32(53-40-16-6-1-11-33(40)34-12-2-7-17-41(34)53)27-39(44)47-45(55)26-24-38-37-15-5-10-20-46(37)56-50(38)47/h1-27H. The van der Waals surface area contributed by atoms with E-state index in [-0.39, 0.29) is 0 Å². The van der Waals surface area contributed by atoms with Gasteiger partial charge in [0.25, 0.3) is 0 Å². The Hall–Kier alpha value is -8.06. The van der Waals surface area contributed by atoms with Gasteiger partial charge >= 0.3 is 0 Å². The van der Waals surface area contributed by atoms with Crippen LogP contribution in [0.5, 0.6) is 0 Å². The van der Waals surface area contributed by atoms with Crippen LogP contribution in [-0.4, -0.2) is 13.7 Å². The molecule has 6 heteroatoms. The molecule has 4 heterocycles. The van der Waals surface area contributed by atoms with Gasteiger partial charge in [-0.15, -0.1) is 0 Å². The number of fused-ring (bicyclic) bond motifs is 13. The minimum atomic E-state index is 0.454. The molecule has 0 unspecified atom stereocenters. The molecule has 0 fully saturated rings. The van der Waals surface area contributed by atoms with Crippen LogP contribution in [0.2, 0.25) is 0 Å². The van der Waals surface area contributed by atoms with Crippen LogP contribution < -0.4 is 0 Å². The molecule has 0 spiro atoms. The summed E-state index contributed by atoms with van der Waals surface area (Å²) >= 11 is 0. The quantitative estimate of drug-likeness (QED) is 0.183. The number of para-hydroxylation sites is 5. The van der Waals surface area contributed by atoms with Crippen LogP contribution in [0.15, 0.2) is 168 Å². The third-order valence-corrected chi connectivity index (χ3v) is 11.5. The summed E-state index contributed by atoms with van der Waals surface area (Å²) in [5, 5.41) is 30.3. The number of nitrogens with zero attached hydrogens (tertiary/aromatic N) is 5. The molecule has 6 nitrogen and oxygen atoms in total. The maximum Gasteiger partial charge on any atom is 0.145 e. The summed E-state index contributed by atoms with van der Waals surface area (Å²) in [6, 6.07) is 61.1. The predicted octanol–water partition coefficient (Wildman–Crippen LogP) is 12.6. The van der Waals surface area contributed by atoms with E-state index in [2.05, 4.69) is 135 Å². The summed E-state index contributed by atoms with van der Waals surface area (Å²) in [6.07, 6.45) is 0. The second-order valence-corrected chi connectivity index (χ2v) is 14.3. The van der Waals surface area contributed by atoms with E-state index < -0.39 is 0 Å². The Morgan fingerprint density at radius 1 is 0.375 bits per heavy atom. The first kappa shape index (κ1) is 30.4. The van der Waals surface area contributed by atoms with Crippen molar-refractivity contribution < 1.29 is 4.42 Å². The maximum absolute atomic E-state index is 10.9. The van der Waals surface area contributed by atoms with Gasteiger partial charge in [-0.05, 0) is 72.8 Å². The molecule has 56 heavy (non-hydrogen) atoms. The minimum absolute atomic E-state index is 0.454. The molecule has 0 saturated heterocycles. The number of furan rings is 1. The van der Waals surface area contributed by atoms with Crippen molar-refractivity contribution in [3.63, 3.8) is 0 Å². The van der Waals surface area contributed by atoms with E-state index in [1.807, 2.05) is 42.5 Å². The number of benzene rings is 8. The Kier molecular flexibility index (Phi) is 6.10. The zero-order chi connectivity index (χ0) is 37.1. The van der Waals surface area contributed by atoms with E-state index in [1.165, 1.54) is 10.8 Å². The van der Waals surface area contributed by atoms with Crippen molar-refractivity contribution in [1.29, 1.82) is 10.5 Å². The molecule has 0 aliphatic rings. The van der Waals surface area contributed by atoms with Crippen molar-refractivity contribution in [1.82, 2.24) is 13.7 Å².